The maximum atomic E-state index is 11.3. The number of aromatic hydroxyl groups is 1. The molecule has 0 spiro atoms. The maximum absolute atomic E-state index is 11.3. The fraction of sp³-hybridized carbons (Fsp3) is 0.130. The topological polar surface area (TPSA) is 32.3 Å². The van der Waals surface area contributed by atoms with Gasteiger partial charge in [-0.3, -0.25) is 0 Å². The van der Waals surface area contributed by atoms with Gasteiger partial charge in [0.2, 0.25) is 0 Å². The third-order valence-corrected chi connectivity index (χ3v) is 6.86. The Morgan fingerprint density at radius 1 is 0.963 bits per heavy atom. The smallest absolute Gasteiger partial charge is 0.144 e. The zero-order chi connectivity index (χ0) is 19.0. The van der Waals surface area contributed by atoms with Gasteiger partial charge >= 0.3 is 0 Å². The van der Waals surface area contributed by atoms with Crippen LogP contribution in [0, 0.1) is 0 Å². The average Bonchev–Trinajstić information content (AvgIpc) is 3.03. The van der Waals surface area contributed by atoms with Crippen molar-refractivity contribution in [2.24, 2.45) is 0 Å². The Morgan fingerprint density at radius 2 is 1.67 bits per heavy atom. The van der Waals surface area contributed by atoms with Gasteiger partial charge in [-0.15, -0.1) is 11.3 Å². The second-order valence-electron chi connectivity index (χ2n) is 6.38. The van der Waals surface area contributed by atoms with Crippen molar-refractivity contribution in [3.05, 3.63) is 70.7 Å². The number of benzene rings is 3. The summed E-state index contributed by atoms with van der Waals surface area (Å²) in [6, 6.07) is 20.7. The maximum Gasteiger partial charge on any atom is 0.144 e. The van der Waals surface area contributed by atoms with Gasteiger partial charge < -0.3 is 10.4 Å². The summed E-state index contributed by atoms with van der Waals surface area (Å²) in [5.41, 5.74) is 4.21. The predicted molar refractivity (Wildman–Crippen MR) is 121 cm³/mol. The first-order valence-electron chi connectivity index (χ1n) is 8.95. The van der Waals surface area contributed by atoms with Crippen LogP contribution in [0.25, 0.3) is 32.3 Å². The minimum atomic E-state index is 0.341. The monoisotopic (exact) mass is 437 g/mol. The highest BCUT2D eigenvalue weighted by atomic mass is 79.9. The van der Waals surface area contributed by atoms with E-state index < -0.39 is 0 Å². The van der Waals surface area contributed by atoms with Crippen LogP contribution in [0.3, 0.4) is 0 Å². The quantitative estimate of drug-likeness (QED) is 0.350. The van der Waals surface area contributed by atoms with Crippen LogP contribution in [0.1, 0.15) is 12.5 Å². The van der Waals surface area contributed by atoms with E-state index in [1.165, 1.54) is 10.9 Å². The van der Waals surface area contributed by atoms with Gasteiger partial charge in [0, 0.05) is 17.1 Å². The molecule has 4 rings (SSSR count). The van der Waals surface area contributed by atoms with Crippen molar-refractivity contribution in [1.82, 2.24) is 0 Å². The Kier molecular flexibility index (Phi) is 4.94. The van der Waals surface area contributed by atoms with Crippen LogP contribution in [-0.4, -0.2) is 12.2 Å². The normalized spacial score (nSPS) is 11.1. The van der Waals surface area contributed by atoms with E-state index in [0.717, 1.165) is 42.8 Å². The molecule has 2 nitrogen and oxygen atoms in total. The Labute approximate surface area is 171 Å². The Bertz CT molecular complexity index is 1130. The molecule has 27 heavy (non-hydrogen) atoms. The third kappa shape index (κ3) is 3.03. The molecule has 0 bridgehead atoms. The molecule has 0 atom stereocenters. The van der Waals surface area contributed by atoms with Gasteiger partial charge in [0.25, 0.3) is 0 Å². The molecule has 0 radical (unpaired) electrons. The molecule has 0 amide bonds. The summed E-state index contributed by atoms with van der Waals surface area (Å²) in [6.07, 6.45) is 0.888. The highest BCUT2D eigenvalue weighted by Crippen LogP contribution is 2.52. The number of halogens is 1. The minimum Gasteiger partial charge on any atom is -0.506 e. The Balaban J connectivity index is 2.00. The van der Waals surface area contributed by atoms with E-state index >= 15 is 0 Å². The van der Waals surface area contributed by atoms with E-state index in [-0.39, 0.29) is 0 Å². The van der Waals surface area contributed by atoms with E-state index in [4.69, 9.17) is 0 Å². The van der Waals surface area contributed by atoms with E-state index in [9.17, 15) is 5.11 Å². The lowest BCUT2D eigenvalue weighted by Crippen LogP contribution is -1.92. The molecule has 136 valence electrons. The molecule has 4 heteroatoms. The molecule has 4 aromatic rings. The summed E-state index contributed by atoms with van der Waals surface area (Å²) in [4.78, 5) is 0.896. The fourth-order valence-electron chi connectivity index (χ4n) is 3.61. The minimum absolute atomic E-state index is 0.341. The molecule has 0 aliphatic rings. The van der Waals surface area contributed by atoms with E-state index in [2.05, 4.69) is 64.6 Å². The number of anilines is 1. The van der Waals surface area contributed by atoms with Crippen molar-refractivity contribution in [3.8, 4) is 27.3 Å². The van der Waals surface area contributed by atoms with E-state index in [1.807, 2.05) is 31.3 Å². The molecule has 0 aliphatic heterocycles. The molecular formula is C23H20BrNOS. The summed E-state index contributed by atoms with van der Waals surface area (Å²) in [5.74, 6) is 0.341. The fourth-order valence-corrected chi connectivity index (χ4v) is 5.35. The number of rotatable bonds is 4. The van der Waals surface area contributed by atoms with Crippen LogP contribution in [0.5, 0.6) is 5.75 Å². The van der Waals surface area contributed by atoms with Crippen molar-refractivity contribution in [2.75, 3.05) is 12.4 Å². The average molecular weight is 438 g/mol. The number of nitrogens with one attached hydrogen (secondary N) is 1. The SMILES string of the molecule is CCc1c(Br)cccc1-c1c(NC)sc(-c2cccc3ccccc23)c1O. The molecule has 2 N–H and O–H groups in total. The third-order valence-electron chi connectivity index (χ3n) is 4.89. The van der Waals surface area contributed by atoms with Gasteiger partial charge in [0.05, 0.1) is 10.4 Å². The molecule has 0 fully saturated rings. The molecule has 0 saturated heterocycles. The van der Waals surface area contributed by atoms with Crippen LogP contribution in [0.15, 0.2) is 65.1 Å². The van der Waals surface area contributed by atoms with Gasteiger partial charge in [-0.05, 0) is 34.4 Å². The van der Waals surface area contributed by atoms with Crippen molar-refractivity contribution in [3.63, 3.8) is 0 Å². The van der Waals surface area contributed by atoms with Crippen LogP contribution in [-0.2, 0) is 6.42 Å². The zero-order valence-electron chi connectivity index (χ0n) is 15.2. The summed E-state index contributed by atoms with van der Waals surface area (Å²) in [7, 11) is 1.91. The summed E-state index contributed by atoms with van der Waals surface area (Å²) < 4.78 is 1.07. The predicted octanol–water partition coefficient (Wildman–Crippen LogP) is 7.31. The molecule has 0 saturated carbocycles. The number of hydrogen-bond acceptors (Lipinski definition) is 3. The second kappa shape index (κ2) is 7.37. The summed E-state index contributed by atoms with van der Waals surface area (Å²) in [5, 5.41) is 17.9. The highest BCUT2D eigenvalue weighted by Gasteiger charge is 2.23. The number of hydrogen-bond donors (Lipinski definition) is 2. The molecule has 0 aliphatic carbocycles. The zero-order valence-corrected chi connectivity index (χ0v) is 17.6. The van der Waals surface area contributed by atoms with E-state index in [0.29, 0.717) is 5.75 Å². The van der Waals surface area contributed by atoms with Crippen molar-refractivity contribution in [2.45, 2.75) is 13.3 Å². The van der Waals surface area contributed by atoms with Crippen molar-refractivity contribution < 1.29 is 5.11 Å². The lowest BCUT2D eigenvalue weighted by Gasteiger charge is -2.12. The number of thiophene rings is 1. The van der Waals surface area contributed by atoms with E-state index in [1.54, 1.807) is 11.3 Å². The van der Waals surface area contributed by atoms with Gasteiger partial charge in [-0.1, -0.05) is 77.5 Å². The Morgan fingerprint density at radius 3 is 2.44 bits per heavy atom. The van der Waals surface area contributed by atoms with Crippen molar-refractivity contribution >= 4 is 43.0 Å². The van der Waals surface area contributed by atoms with Gasteiger partial charge in [-0.25, -0.2) is 0 Å². The first kappa shape index (κ1) is 18.1. The molecule has 3 aromatic carbocycles. The molecule has 1 aromatic heterocycles. The highest BCUT2D eigenvalue weighted by molar-refractivity contribution is 9.10. The molecular weight excluding hydrogens is 418 g/mol. The number of fused-ring (bicyclic) bond motifs is 1. The largest absolute Gasteiger partial charge is 0.506 e. The van der Waals surface area contributed by atoms with Crippen LogP contribution < -0.4 is 5.32 Å². The van der Waals surface area contributed by atoms with Gasteiger partial charge in [0.1, 0.15) is 10.8 Å². The summed E-state index contributed by atoms with van der Waals surface area (Å²) in [6.45, 7) is 2.14. The standard InChI is InChI=1S/C23H20BrNOS/c1-3-15-17(11-7-13-19(15)24)20-21(26)22(27-23(20)25-2)18-12-6-9-14-8-4-5-10-16(14)18/h4-13,25-26H,3H2,1-2H3. The Hall–Kier alpha value is -2.30. The second-order valence-corrected chi connectivity index (χ2v) is 8.26. The first-order chi connectivity index (χ1) is 13.2. The van der Waals surface area contributed by atoms with Crippen LogP contribution in [0.4, 0.5) is 5.00 Å². The van der Waals surface area contributed by atoms with Gasteiger partial charge in [-0.2, -0.15) is 0 Å². The lowest BCUT2D eigenvalue weighted by molar-refractivity contribution is 0.481. The van der Waals surface area contributed by atoms with Crippen molar-refractivity contribution in [1.29, 1.82) is 0 Å². The van der Waals surface area contributed by atoms with Crippen LogP contribution >= 0.6 is 27.3 Å². The summed E-state index contributed by atoms with van der Waals surface area (Å²) >= 11 is 5.26. The lowest BCUT2D eigenvalue weighted by atomic mass is 9.97. The molecule has 1 heterocycles. The van der Waals surface area contributed by atoms with Gasteiger partial charge in [0.15, 0.2) is 0 Å². The van der Waals surface area contributed by atoms with Crippen LogP contribution in [0.2, 0.25) is 0 Å². The molecule has 0 unspecified atom stereocenters. The first-order valence-corrected chi connectivity index (χ1v) is 10.6.